The van der Waals surface area contributed by atoms with Gasteiger partial charge in [0.05, 0.1) is 5.83 Å². The molecule has 1 aromatic heterocycles. The van der Waals surface area contributed by atoms with Gasteiger partial charge in [-0.15, -0.1) is 11.3 Å². The van der Waals surface area contributed by atoms with Gasteiger partial charge >= 0.3 is 0 Å². The monoisotopic (exact) mass is 219 g/mol. The number of halogens is 1. The second-order valence-corrected chi connectivity index (χ2v) is 4.08. The van der Waals surface area contributed by atoms with Crippen LogP contribution in [0.2, 0.25) is 0 Å². The Morgan fingerprint density at radius 2 is 2.07 bits per heavy atom. The van der Waals surface area contributed by atoms with Crippen molar-refractivity contribution in [1.82, 2.24) is 4.98 Å². The van der Waals surface area contributed by atoms with Crippen molar-refractivity contribution in [1.29, 1.82) is 0 Å². The Kier molecular flexibility index (Phi) is 2.92. The molecule has 1 nitrogen and oxygen atoms in total. The third-order valence-electron chi connectivity index (χ3n) is 1.96. The summed E-state index contributed by atoms with van der Waals surface area (Å²) in [6, 6.07) is 7.68. The Hall–Kier alpha value is -1.48. The summed E-state index contributed by atoms with van der Waals surface area (Å²) in [5, 5.41) is 2.93. The molecule has 0 bridgehead atoms. The fraction of sp³-hybridized carbons (Fsp3) is 0.0833. The van der Waals surface area contributed by atoms with E-state index in [9.17, 15) is 4.39 Å². The van der Waals surface area contributed by atoms with Crippen molar-refractivity contribution in [3.05, 3.63) is 47.2 Å². The van der Waals surface area contributed by atoms with Crippen LogP contribution in [-0.4, -0.2) is 4.98 Å². The zero-order valence-corrected chi connectivity index (χ0v) is 9.09. The molecule has 1 aromatic carbocycles. The molecule has 2 rings (SSSR count). The van der Waals surface area contributed by atoms with Gasteiger partial charge in [-0.05, 0) is 18.6 Å². The molecule has 0 spiro atoms. The van der Waals surface area contributed by atoms with Gasteiger partial charge < -0.3 is 0 Å². The van der Waals surface area contributed by atoms with Crippen molar-refractivity contribution < 1.29 is 4.39 Å². The maximum Gasteiger partial charge on any atom is 0.123 e. The molecule has 0 unspecified atom stereocenters. The van der Waals surface area contributed by atoms with Gasteiger partial charge in [-0.2, -0.15) is 0 Å². The number of hydrogen-bond acceptors (Lipinski definition) is 2. The lowest BCUT2D eigenvalue weighted by Crippen LogP contribution is -1.77. The van der Waals surface area contributed by atoms with E-state index in [2.05, 4.69) is 4.98 Å². The van der Waals surface area contributed by atoms with Gasteiger partial charge in [0.2, 0.25) is 0 Å². The summed E-state index contributed by atoms with van der Waals surface area (Å²) in [5.41, 5.74) is 1.94. The number of thiazole rings is 1. The van der Waals surface area contributed by atoms with Gasteiger partial charge in [0.25, 0.3) is 0 Å². The van der Waals surface area contributed by atoms with Gasteiger partial charge in [0.15, 0.2) is 0 Å². The first-order chi connectivity index (χ1) is 7.25. The number of benzene rings is 1. The lowest BCUT2D eigenvalue weighted by atomic mass is 10.1. The van der Waals surface area contributed by atoms with E-state index < -0.39 is 0 Å². The SMILES string of the molecule is C/C(F)=C\c1ccc(-c2nccs2)cc1. The Bertz CT molecular complexity index is 453. The predicted octanol–water partition coefficient (Wildman–Crippen LogP) is 4.14. The smallest absolute Gasteiger partial charge is 0.123 e. The largest absolute Gasteiger partial charge is 0.245 e. The predicted molar refractivity (Wildman–Crippen MR) is 62.3 cm³/mol. The lowest BCUT2D eigenvalue weighted by Gasteiger charge is -1.97. The summed E-state index contributed by atoms with van der Waals surface area (Å²) >= 11 is 1.60. The molecule has 2 aromatic rings. The van der Waals surface area contributed by atoms with Crippen LogP contribution in [0.1, 0.15) is 12.5 Å². The zero-order chi connectivity index (χ0) is 10.7. The van der Waals surface area contributed by atoms with Crippen LogP contribution in [0, 0.1) is 0 Å². The van der Waals surface area contributed by atoms with Crippen molar-refractivity contribution in [2.24, 2.45) is 0 Å². The van der Waals surface area contributed by atoms with E-state index in [1.165, 1.54) is 13.0 Å². The molecule has 0 saturated heterocycles. The van der Waals surface area contributed by atoms with Crippen LogP contribution in [0.15, 0.2) is 41.7 Å². The Labute approximate surface area is 91.9 Å². The number of allylic oxidation sites excluding steroid dienone is 1. The molecule has 1 heterocycles. The van der Waals surface area contributed by atoms with Crippen LogP contribution in [-0.2, 0) is 0 Å². The van der Waals surface area contributed by atoms with Crippen LogP contribution < -0.4 is 0 Å². The number of rotatable bonds is 2. The molecule has 76 valence electrons. The molecular formula is C12H10FNS. The Morgan fingerprint density at radius 1 is 1.33 bits per heavy atom. The number of nitrogens with zero attached hydrogens (tertiary/aromatic N) is 1. The number of aromatic nitrogens is 1. The van der Waals surface area contributed by atoms with Crippen LogP contribution in [0.5, 0.6) is 0 Å². The second-order valence-electron chi connectivity index (χ2n) is 3.19. The van der Waals surface area contributed by atoms with Crippen LogP contribution in [0.4, 0.5) is 4.39 Å². The highest BCUT2D eigenvalue weighted by atomic mass is 32.1. The third kappa shape index (κ3) is 2.50. The fourth-order valence-electron chi connectivity index (χ4n) is 1.32. The van der Waals surface area contributed by atoms with Gasteiger partial charge in [-0.25, -0.2) is 9.37 Å². The zero-order valence-electron chi connectivity index (χ0n) is 8.27. The van der Waals surface area contributed by atoms with Crippen molar-refractivity contribution in [3.63, 3.8) is 0 Å². The average molecular weight is 219 g/mol. The van der Waals surface area contributed by atoms with E-state index in [1.54, 1.807) is 17.5 Å². The molecule has 3 heteroatoms. The van der Waals surface area contributed by atoms with E-state index in [0.29, 0.717) is 0 Å². The van der Waals surface area contributed by atoms with Crippen molar-refractivity contribution in [2.45, 2.75) is 6.92 Å². The lowest BCUT2D eigenvalue weighted by molar-refractivity contribution is 0.648. The van der Waals surface area contributed by atoms with Gasteiger partial charge in [0.1, 0.15) is 5.01 Å². The second kappa shape index (κ2) is 4.36. The maximum atomic E-state index is 12.6. The highest BCUT2D eigenvalue weighted by molar-refractivity contribution is 7.13. The normalized spacial score (nSPS) is 11.7. The van der Waals surface area contributed by atoms with Gasteiger partial charge in [0, 0.05) is 17.1 Å². The quantitative estimate of drug-likeness (QED) is 0.739. The molecule has 0 radical (unpaired) electrons. The molecule has 0 fully saturated rings. The van der Waals surface area contributed by atoms with Gasteiger partial charge in [-0.1, -0.05) is 24.3 Å². The minimum atomic E-state index is -0.183. The summed E-state index contributed by atoms with van der Waals surface area (Å²) in [4.78, 5) is 4.21. The standard InChI is InChI=1S/C12H10FNS/c1-9(13)8-10-2-4-11(5-3-10)12-14-6-7-15-12/h2-8H,1H3/b9-8+. The Morgan fingerprint density at radius 3 is 2.60 bits per heavy atom. The topological polar surface area (TPSA) is 12.9 Å². The highest BCUT2D eigenvalue weighted by Crippen LogP contribution is 2.22. The minimum absolute atomic E-state index is 0.183. The van der Waals surface area contributed by atoms with Crippen LogP contribution in [0.25, 0.3) is 16.6 Å². The molecule has 15 heavy (non-hydrogen) atoms. The van der Waals surface area contributed by atoms with Crippen molar-refractivity contribution in [3.8, 4) is 10.6 Å². The first kappa shape index (κ1) is 10.1. The average Bonchev–Trinajstić information content (AvgIpc) is 2.71. The fourth-order valence-corrected chi connectivity index (χ4v) is 1.96. The summed E-state index contributed by atoms with van der Waals surface area (Å²) in [7, 11) is 0. The molecule has 0 N–H and O–H groups in total. The molecule has 0 atom stereocenters. The molecule has 0 aliphatic heterocycles. The molecular weight excluding hydrogens is 209 g/mol. The molecule has 0 aliphatic rings. The van der Waals surface area contributed by atoms with Gasteiger partial charge in [-0.3, -0.25) is 0 Å². The molecule has 0 aliphatic carbocycles. The van der Waals surface area contributed by atoms with Crippen molar-refractivity contribution in [2.75, 3.05) is 0 Å². The third-order valence-corrected chi connectivity index (χ3v) is 2.78. The first-order valence-corrected chi connectivity index (χ1v) is 5.47. The minimum Gasteiger partial charge on any atom is -0.245 e. The maximum absolute atomic E-state index is 12.6. The van der Waals surface area contributed by atoms with E-state index in [0.717, 1.165) is 16.1 Å². The van der Waals surface area contributed by atoms with E-state index in [-0.39, 0.29) is 5.83 Å². The highest BCUT2D eigenvalue weighted by Gasteiger charge is 1.99. The summed E-state index contributed by atoms with van der Waals surface area (Å²) in [6.45, 7) is 1.44. The molecule has 0 saturated carbocycles. The molecule has 0 amide bonds. The summed E-state index contributed by atoms with van der Waals surface area (Å²) < 4.78 is 12.6. The van der Waals surface area contributed by atoms with Crippen molar-refractivity contribution >= 4 is 17.4 Å². The van der Waals surface area contributed by atoms with E-state index >= 15 is 0 Å². The van der Waals surface area contributed by atoms with Crippen LogP contribution in [0.3, 0.4) is 0 Å². The first-order valence-electron chi connectivity index (χ1n) is 4.59. The van der Waals surface area contributed by atoms with E-state index in [4.69, 9.17) is 0 Å². The van der Waals surface area contributed by atoms with Crippen LogP contribution >= 0.6 is 11.3 Å². The number of hydrogen-bond donors (Lipinski definition) is 0. The Balaban J connectivity index is 2.29. The summed E-state index contributed by atoms with van der Waals surface area (Å²) in [5.74, 6) is -0.183. The van der Waals surface area contributed by atoms with E-state index in [1.807, 2.05) is 29.6 Å². The summed E-state index contributed by atoms with van der Waals surface area (Å²) in [6.07, 6.45) is 3.28.